The molecule has 4 aromatic rings. The fourth-order valence-electron chi connectivity index (χ4n) is 3.07. The quantitative estimate of drug-likeness (QED) is 0.250. The van der Waals surface area contributed by atoms with Gasteiger partial charge in [-0.05, 0) is 61.4 Å². The van der Waals surface area contributed by atoms with Gasteiger partial charge < -0.3 is 14.3 Å². The first-order valence-corrected chi connectivity index (χ1v) is 9.58. The molecule has 0 N–H and O–H groups in total. The Balaban J connectivity index is 1.60. The van der Waals surface area contributed by atoms with E-state index in [4.69, 9.17) is 9.15 Å². The average Bonchev–Trinajstić information content (AvgIpc) is 3.18. The van der Waals surface area contributed by atoms with Crippen LogP contribution in [0.3, 0.4) is 0 Å². The van der Waals surface area contributed by atoms with Crippen LogP contribution in [-0.2, 0) is 0 Å². The van der Waals surface area contributed by atoms with Crippen LogP contribution in [0.1, 0.15) is 18.1 Å². The van der Waals surface area contributed by atoms with Crippen molar-refractivity contribution in [3.63, 3.8) is 0 Å². The lowest BCUT2D eigenvalue weighted by atomic mass is 10.1. The van der Waals surface area contributed by atoms with Crippen molar-refractivity contribution >= 4 is 28.7 Å². The van der Waals surface area contributed by atoms with Gasteiger partial charge in [0.15, 0.2) is 5.58 Å². The van der Waals surface area contributed by atoms with E-state index in [0.717, 1.165) is 22.7 Å². The Labute approximate surface area is 177 Å². The van der Waals surface area contributed by atoms with Gasteiger partial charge in [0.1, 0.15) is 11.3 Å². The molecule has 8 heteroatoms. The summed E-state index contributed by atoms with van der Waals surface area (Å²) in [5.41, 5.74) is 3.80. The Hall–Kier alpha value is -4.20. The summed E-state index contributed by atoms with van der Waals surface area (Å²) in [4.78, 5) is 19.3. The van der Waals surface area contributed by atoms with Crippen molar-refractivity contribution < 1.29 is 19.2 Å². The average molecular weight is 416 g/mol. The Morgan fingerprint density at radius 2 is 1.94 bits per heavy atom. The number of oxazole rings is 1. The van der Waals surface area contributed by atoms with Crippen LogP contribution in [0.4, 0.5) is 11.4 Å². The van der Waals surface area contributed by atoms with Crippen molar-refractivity contribution in [2.24, 2.45) is 4.99 Å². The molecule has 0 bridgehead atoms. The number of hydrogen-bond acceptors (Lipinski definition) is 7. The third-order valence-corrected chi connectivity index (χ3v) is 4.59. The minimum absolute atomic E-state index is 0.0697. The van der Waals surface area contributed by atoms with Crippen LogP contribution < -0.4 is 9.84 Å². The molecule has 0 unspecified atom stereocenters. The molecule has 0 atom stereocenters. The third-order valence-electron chi connectivity index (χ3n) is 4.59. The molecule has 3 aromatic carbocycles. The molecular formula is C23H18N3O5-. The summed E-state index contributed by atoms with van der Waals surface area (Å²) in [7, 11) is 0. The monoisotopic (exact) mass is 416 g/mol. The highest BCUT2D eigenvalue weighted by Gasteiger charge is 2.12. The third kappa shape index (κ3) is 4.23. The molecule has 0 aliphatic heterocycles. The van der Waals surface area contributed by atoms with E-state index in [2.05, 4.69) is 9.98 Å². The van der Waals surface area contributed by atoms with Gasteiger partial charge >= 0.3 is 0 Å². The molecule has 0 aliphatic rings. The van der Waals surface area contributed by atoms with Crippen LogP contribution in [0, 0.1) is 17.0 Å². The zero-order chi connectivity index (χ0) is 22.0. The van der Waals surface area contributed by atoms with Crippen molar-refractivity contribution in [3.05, 3.63) is 75.8 Å². The lowest BCUT2D eigenvalue weighted by Crippen LogP contribution is -2.04. The number of aliphatic imine (C=N–C) groups is 1. The van der Waals surface area contributed by atoms with Gasteiger partial charge in [-0.3, -0.25) is 15.1 Å². The molecule has 156 valence electrons. The van der Waals surface area contributed by atoms with Crippen molar-refractivity contribution in [1.82, 2.24) is 4.98 Å². The van der Waals surface area contributed by atoms with Gasteiger partial charge in [0, 0.05) is 17.8 Å². The molecule has 8 nitrogen and oxygen atoms in total. The predicted octanol–water partition coefficient (Wildman–Crippen LogP) is 4.93. The van der Waals surface area contributed by atoms with Crippen LogP contribution in [0.15, 0.2) is 64.0 Å². The molecule has 4 rings (SSSR count). The van der Waals surface area contributed by atoms with E-state index in [-0.39, 0.29) is 23.6 Å². The number of non-ortho nitro benzene ring substituents is 1. The van der Waals surface area contributed by atoms with Gasteiger partial charge in [0.2, 0.25) is 5.89 Å². The topological polar surface area (TPSA) is 114 Å². The van der Waals surface area contributed by atoms with Crippen molar-refractivity contribution in [3.8, 4) is 23.0 Å². The minimum Gasteiger partial charge on any atom is -0.870 e. The maximum absolute atomic E-state index is 12.4. The van der Waals surface area contributed by atoms with Gasteiger partial charge in [-0.2, -0.15) is 0 Å². The van der Waals surface area contributed by atoms with E-state index < -0.39 is 10.7 Å². The molecule has 0 aliphatic carbocycles. The van der Waals surface area contributed by atoms with Gasteiger partial charge in [-0.1, -0.05) is 11.8 Å². The van der Waals surface area contributed by atoms with Crippen LogP contribution in [-0.4, -0.2) is 22.7 Å². The minimum atomic E-state index is -0.573. The zero-order valence-corrected chi connectivity index (χ0v) is 16.9. The SMILES string of the molecule is CCOc1cc([N+](=O)[O-])cc(C=Nc2ccc(-c3nc4cc(C)ccc4o3)cc2)c1[O-]. The summed E-state index contributed by atoms with van der Waals surface area (Å²) in [6.07, 6.45) is 1.30. The zero-order valence-electron chi connectivity index (χ0n) is 16.9. The summed E-state index contributed by atoms with van der Waals surface area (Å²) in [6.45, 7) is 3.92. The number of ether oxygens (including phenoxy) is 1. The number of nitrogens with zero attached hydrogens (tertiary/aromatic N) is 3. The number of nitro groups is 1. The summed E-state index contributed by atoms with van der Waals surface area (Å²) in [6, 6.07) is 15.2. The maximum atomic E-state index is 12.4. The largest absolute Gasteiger partial charge is 0.870 e. The van der Waals surface area contributed by atoms with Gasteiger partial charge in [-0.15, -0.1) is 0 Å². The normalized spacial score (nSPS) is 11.3. The maximum Gasteiger partial charge on any atom is 0.273 e. The summed E-state index contributed by atoms with van der Waals surface area (Å²) < 4.78 is 11.0. The molecule has 0 radical (unpaired) electrons. The first kappa shape index (κ1) is 20.1. The highest BCUT2D eigenvalue weighted by atomic mass is 16.6. The summed E-state index contributed by atoms with van der Waals surface area (Å²) in [5.74, 6) is -0.0210. The van der Waals surface area contributed by atoms with E-state index in [1.54, 1.807) is 31.2 Å². The predicted molar refractivity (Wildman–Crippen MR) is 115 cm³/mol. The van der Waals surface area contributed by atoms with Gasteiger partial charge in [0.05, 0.1) is 23.3 Å². The standard InChI is InChI=1S/C23H19N3O5/c1-3-30-21-12-18(26(28)29)11-16(22(21)27)13-24-17-7-5-15(6-8-17)23-25-19-10-14(2)4-9-20(19)31-23/h4-13,27H,3H2,1-2H3/p-1. The second-order valence-electron chi connectivity index (χ2n) is 6.85. The fourth-order valence-corrected chi connectivity index (χ4v) is 3.07. The smallest absolute Gasteiger partial charge is 0.273 e. The first-order valence-electron chi connectivity index (χ1n) is 9.58. The van der Waals surface area contributed by atoms with Crippen molar-refractivity contribution in [2.45, 2.75) is 13.8 Å². The second kappa shape index (κ2) is 8.27. The molecule has 0 spiro atoms. The number of benzene rings is 3. The Kier molecular flexibility index (Phi) is 5.36. The summed E-state index contributed by atoms with van der Waals surface area (Å²) in [5, 5.41) is 23.6. The lowest BCUT2D eigenvalue weighted by molar-refractivity contribution is -0.385. The van der Waals surface area contributed by atoms with Crippen LogP contribution >= 0.6 is 0 Å². The molecule has 31 heavy (non-hydrogen) atoms. The number of aromatic nitrogens is 1. The van der Waals surface area contributed by atoms with Gasteiger partial charge in [0.25, 0.3) is 5.69 Å². The van der Waals surface area contributed by atoms with Crippen LogP contribution in [0.25, 0.3) is 22.6 Å². The Bertz CT molecular complexity index is 1290. The van der Waals surface area contributed by atoms with E-state index in [1.165, 1.54) is 12.3 Å². The van der Waals surface area contributed by atoms with E-state index >= 15 is 0 Å². The van der Waals surface area contributed by atoms with Crippen LogP contribution in [0.5, 0.6) is 11.5 Å². The van der Waals surface area contributed by atoms with Crippen molar-refractivity contribution in [2.75, 3.05) is 6.61 Å². The number of fused-ring (bicyclic) bond motifs is 1. The Morgan fingerprint density at radius 3 is 2.65 bits per heavy atom. The number of aryl methyl sites for hydroxylation is 1. The Morgan fingerprint density at radius 1 is 1.16 bits per heavy atom. The number of nitro benzene ring substituents is 1. The summed E-state index contributed by atoms with van der Waals surface area (Å²) >= 11 is 0. The van der Waals surface area contributed by atoms with E-state index in [0.29, 0.717) is 17.2 Å². The molecule has 0 amide bonds. The molecular weight excluding hydrogens is 398 g/mol. The number of rotatable bonds is 6. The highest BCUT2D eigenvalue weighted by molar-refractivity contribution is 5.88. The van der Waals surface area contributed by atoms with E-state index in [1.807, 2.05) is 25.1 Å². The second-order valence-corrected chi connectivity index (χ2v) is 6.85. The fraction of sp³-hybridized carbons (Fsp3) is 0.130. The van der Waals surface area contributed by atoms with E-state index in [9.17, 15) is 15.2 Å². The lowest BCUT2D eigenvalue weighted by Gasteiger charge is -2.16. The molecule has 0 saturated carbocycles. The van der Waals surface area contributed by atoms with Crippen LogP contribution in [0.2, 0.25) is 0 Å². The highest BCUT2D eigenvalue weighted by Crippen LogP contribution is 2.32. The molecule has 0 fully saturated rings. The molecule has 1 aromatic heterocycles. The molecule has 0 saturated heterocycles. The van der Waals surface area contributed by atoms with Gasteiger partial charge in [-0.25, -0.2) is 4.98 Å². The first-order chi connectivity index (χ1) is 14.9. The molecule has 1 heterocycles. The van der Waals surface area contributed by atoms with Crippen molar-refractivity contribution in [1.29, 1.82) is 0 Å². The number of hydrogen-bond donors (Lipinski definition) is 0.